The van der Waals surface area contributed by atoms with E-state index in [4.69, 9.17) is 9.47 Å². The van der Waals surface area contributed by atoms with Crippen molar-refractivity contribution < 1.29 is 28.7 Å². The summed E-state index contributed by atoms with van der Waals surface area (Å²) in [4.78, 5) is 56.1. The van der Waals surface area contributed by atoms with Crippen molar-refractivity contribution >= 4 is 23.8 Å². The number of hydrogen-bond acceptors (Lipinski definition) is 6. The maximum atomic E-state index is 13.2. The molecule has 194 valence electrons. The molecule has 4 aliphatic heterocycles. The molecule has 5 amide bonds. The molecule has 1 aromatic carbocycles. The van der Waals surface area contributed by atoms with Crippen LogP contribution < -0.4 is 14.8 Å². The Morgan fingerprint density at radius 2 is 1.89 bits per heavy atom. The first-order chi connectivity index (χ1) is 17.4. The average molecular weight is 499 g/mol. The summed E-state index contributed by atoms with van der Waals surface area (Å²) in [7, 11) is 3.12. The van der Waals surface area contributed by atoms with Gasteiger partial charge in [-0.15, -0.1) is 0 Å². The molecule has 0 saturated carbocycles. The van der Waals surface area contributed by atoms with Crippen LogP contribution in [-0.4, -0.2) is 90.9 Å². The Morgan fingerprint density at radius 3 is 2.67 bits per heavy atom. The summed E-state index contributed by atoms with van der Waals surface area (Å²) >= 11 is 0. The molecule has 1 N–H and O–H groups in total. The number of carbonyl (C=O) groups excluding carboxylic acids is 4. The summed E-state index contributed by atoms with van der Waals surface area (Å²) in [5, 5.41) is 2.69. The lowest BCUT2D eigenvalue weighted by Gasteiger charge is -2.52. The number of benzene rings is 1. The number of rotatable bonds is 7. The van der Waals surface area contributed by atoms with Crippen molar-refractivity contribution in [1.29, 1.82) is 0 Å². The van der Waals surface area contributed by atoms with Crippen LogP contribution in [-0.2, 0) is 20.8 Å². The Labute approximate surface area is 210 Å². The number of urea groups is 1. The van der Waals surface area contributed by atoms with E-state index >= 15 is 0 Å². The van der Waals surface area contributed by atoms with Crippen molar-refractivity contribution in [2.24, 2.45) is 11.8 Å². The average Bonchev–Trinajstić information content (AvgIpc) is 3.14. The molecule has 0 spiro atoms. The van der Waals surface area contributed by atoms with Crippen molar-refractivity contribution in [2.75, 3.05) is 40.4 Å². The summed E-state index contributed by atoms with van der Waals surface area (Å²) in [5.74, 6) is 1.53. The van der Waals surface area contributed by atoms with Gasteiger partial charge in [-0.25, -0.2) is 4.79 Å². The first kappa shape index (κ1) is 24.4. The number of piperidine rings is 3. The smallest absolute Gasteiger partial charge is 0.324 e. The van der Waals surface area contributed by atoms with Gasteiger partial charge in [-0.1, -0.05) is 6.07 Å². The molecule has 0 radical (unpaired) electrons. The van der Waals surface area contributed by atoms with Crippen LogP contribution in [0.15, 0.2) is 18.2 Å². The maximum Gasteiger partial charge on any atom is 0.324 e. The van der Waals surface area contributed by atoms with Crippen molar-refractivity contribution in [2.45, 2.75) is 50.6 Å². The van der Waals surface area contributed by atoms with E-state index in [2.05, 4.69) is 5.32 Å². The Kier molecular flexibility index (Phi) is 6.77. The highest BCUT2D eigenvalue weighted by Crippen LogP contribution is 2.38. The van der Waals surface area contributed by atoms with E-state index in [9.17, 15) is 19.2 Å². The molecule has 10 nitrogen and oxygen atoms in total. The summed E-state index contributed by atoms with van der Waals surface area (Å²) in [5.41, 5.74) is 0.905. The highest BCUT2D eigenvalue weighted by Gasteiger charge is 2.46. The zero-order chi connectivity index (χ0) is 25.4. The van der Waals surface area contributed by atoms with E-state index in [0.717, 1.165) is 24.8 Å². The van der Waals surface area contributed by atoms with E-state index in [-0.39, 0.29) is 48.6 Å². The molecule has 4 fully saturated rings. The van der Waals surface area contributed by atoms with E-state index in [1.807, 2.05) is 21.9 Å². The lowest BCUT2D eigenvalue weighted by molar-refractivity contribution is -0.149. The monoisotopic (exact) mass is 498 g/mol. The lowest BCUT2D eigenvalue weighted by Crippen LogP contribution is -2.61. The van der Waals surface area contributed by atoms with Crippen molar-refractivity contribution in [3.63, 3.8) is 0 Å². The van der Waals surface area contributed by atoms with E-state index in [0.29, 0.717) is 44.0 Å². The molecule has 4 aliphatic rings. The predicted molar refractivity (Wildman–Crippen MR) is 129 cm³/mol. The fraction of sp³-hybridized carbons (Fsp3) is 0.615. The van der Waals surface area contributed by atoms with Crippen LogP contribution in [0, 0.1) is 11.8 Å². The molecule has 5 rings (SSSR count). The molecule has 4 saturated heterocycles. The fourth-order valence-corrected chi connectivity index (χ4v) is 6.32. The highest BCUT2D eigenvalue weighted by atomic mass is 16.5. The van der Waals surface area contributed by atoms with Crippen molar-refractivity contribution in [3.05, 3.63) is 23.8 Å². The van der Waals surface area contributed by atoms with Gasteiger partial charge in [0.15, 0.2) is 11.5 Å². The minimum absolute atomic E-state index is 0.0375. The lowest BCUT2D eigenvalue weighted by atomic mass is 9.76. The van der Waals surface area contributed by atoms with E-state index in [1.165, 1.54) is 4.90 Å². The molecule has 2 bridgehead atoms. The molecule has 10 heteroatoms. The van der Waals surface area contributed by atoms with Crippen LogP contribution in [0.25, 0.3) is 0 Å². The molecule has 36 heavy (non-hydrogen) atoms. The van der Waals surface area contributed by atoms with Crippen LogP contribution >= 0.6 is 0 Å². The first-order valence-electron chi connectivity index (χ1n) is 12.8. The van der Waals surface area contributed by atoms with E-state index in [1.54, 1.807) is 20.3 Å². The van der Waals surface area contributed by atoms with Gasteiger partial charge in [0, 0.05) is 38.6 Å². The number of nitrogens with zero attached hydrogens (tertiary/aromatic N) is 3. The molecule has 1 aromatic rings. The van der Waals surface area contributed by atoms with Gasteiger partial charge in [0.05, 0.1) is 20.6 Å². The maximum absolute atomic E-state index is 13.2. The zero-order valence-electron chi connectivity index (χ0n) is 20.9. The molecular formula is C26H34N4O6. The number of hydrogen-bond donors (Lipinski definition) is 1. The van der Waals surface area contributed by atoms with Gasteiger partial charge in [0.25, 0.3) is 5.91 Å². The van der Waals surface area contributed by atoms with Crippen LogP contribution in [0.2, 0.25) is 0 Å². The van der Waals surface area contributed by atoms with Gasteiger partial charge in [0.1, 0.15) is 6.04 Å². The second-order valence-corrected chi connectivity index (χ2v) is 10.3. The van der Waals surface area contributed by atoms with Crippen LogP contribution in [0.5, 0.6) is 11.5 Å². The predicted octanol–water partition coefficient (Wildman–Crippen LogP) is 1.42. The summed E-state index contributed by atoms with van der Waals surface area (Å²) in [6, 6.07) is 4.40. The Hall–Kier alpha value is -3.30. The fourth-order valence-electron chi connectivity index (χ4n) is 6.32. The normalized spacial score (nSPS) is 27.6. The zero-order valence-corrected chi connectivity index (χ0v) is 20.9. The van der Waals surface area contributed by atoms with Gasteiger partial charge in [-0.05, 0) is 55.2 Å². The molecule has 0 aliphatic carbocycles. The third-order valence-corrected chi connectivity index (χ3v) is 8.09. The number of carbonyl (C=O) groups is 4. The molecular weight excluding hydrogens is 464 g/mol. The number of imide groups is 1. The third kappa shape index (κ3) is 4.60. The van der Waals surface area contributed by atoms with Gasteiger partial charge < -0.3 is 24.6 Å². The third-order valence-electron chi connectivity index (χ3n) is 8.09. The number of amides is 5. The van der Waals surface area contributed by atoms with E-state index < -0.39 is 12.1 Å². The summed E-state index contributed by atoms with van der Waals surface area (Å²) < 4.78 is 10.6. The van der Waals surface area contributed by atoms with Gasteiger partial charge >= 0.3 is 6.03 Å². The quantitative estimate of drug-likeness (QED) is 0.570. The number of fused-ring (bicyclic) bond motifs is 4. The summed E-state index contributed by atoms with van der Waals surface area (Å²) in [6.07, 6.45) is 4.01. The SMILES string of the molecule is COc1ccc(CCN2C(=O)N[C@@H](CC(=O)N3CC4CC(C3)C3CCCC(=O)N3C4)C2=O)cc1OC. The van der Waals surface area contributed by atoms with Gasteiger partial charge in [0.2, 0.25) is 11.8 Å². The minimum atomic E-state index is -0.843. The van der Waals surface area contributed by atoms with Gasteiger partial charge in [-0.3, -0.25) is 19.3 Å². The standard InChI is InChI=1S/C26H34N4O6/c1-35-21-7-6-16(11-22(21)36-2)8-9-29-25(33)19(27-26(29)34)12-24(32)28-13-17-10-18(15-28)20-4-3-5-23(31)30(20)14-17/h6-7,11,17-20H,3-5,8-10,12-15H2,1-2H3,(H,27,34)/t17?,18?,19-,20?/m0/s1. The van der Waals surface area contributed by atoms with Gasteiger partial charge in [-0.2, -0.15) is 0 Å². The number of methoxy groups -OCH3 is 2. The number of likely N-dealkylation sites (tertiary alicyclic amines) is 1. The molecule has 4 heterocycles. The minimum Gasteiger partial charge on any atom is -0.493 e. The summed E-state index contributed by atoms with van der Waals surface area (Å²) in [6.45, 7) is 2.14. The van der Waals surface area contributed by atoms with Crippen LogP contribution in [0.3, 0.4) is 0 Å². The van der Waals surface area contributed by atoms with Crippen molar-refractivity contribution in [1.82, 2.24) is 20.0 Å². The molecule has 0 aromatic heterocycles. The van der Waals surface area contributed by atoms with Crippen molar-refractivity contribution in [3.8, 4) is 11.5 Å². The second-order valence-electron chi connectivity index (χ2n) is 10.3. The second kappa shape index (κ2) is 9.99. The number of nitrogens with one attached hydrogen (secondary N) is 1. The highest BCUT2D eigenvalue weighted by molar-refractivity contribution is 6.05. The largest absolute Gasteiger partial charge is 0.493 e. The molecule has 4 atom stereocenters. The Bertz CT molecular complexity index is 1060. The topological polar surface area (TPSA) is 108 Å². The Balaban J connectivity index is 1.17. The van der Waals surface area contributed by atoms with Crippen LogP contribution in [0.4, 0.5) is 4.79 Å². The van der Waals surface area contributed by atoms with Crippen LogP contribution in [0.1, 0.15) is 37.7 Å². The first-order valence-corrected chi connectivity index (χ1v) is 12.8. The molecule has 3 unspecified atom stereocenters. The Morgan fingerprint density at radius 1 is 1.08 bits per heavy atom. The number of ether oxygens (including phenoxy) is 2.